The SMILES string of the molecule is N#Cc1ccc(O[C@H]2CC[C@H](NC(=O)c3cnc(N4CCC5(CC4)CN(C4CCNCC4)C5)cn3)CC2)cc1Cl. The van der Waals surface area contributed by atoms with E-state index in [1.54, 1.807) is 30.6 Å². The Bertz CT molecular complexity index is 1220. The number of benzene rings is 1. The fourth-order valence-electron chi connectivity index (χ4n) is 6.81. The number of anilines is 1. The van der Waals surface area contributed by atoms with Crippen LogP contribution in [0.5, 0.6) is 5.75 Å². The molecule has 2 aromatic rings. The number of halogens is 1. The third kappa shape index (κ3) is 6.04. The highest BCUT2D eigenvalue weighted by Gasteiger charge is 2.47. The minimum absolute atomic E-state index is 0.0625. The molecule has 1 aromatic heterocycles. The normalized spacial score (nSPS) is 25.1. The van der Waals surface area contributed by atoms with Gasteiger partial charge in [-0.25, -0.2) is 9.97 Å². The fourth-order valence-corrected chi connectivity index (χ4v) is 7.02. The van der Waals surface area contributed by atoms with Gasteiger partial charge >= 0.3 is 0 Å². The van der Waals surface area contributed by atoms with Gasteiger partial charge in [-0.3, -0.25) is 9.69 Å². The van der Waals surface area contributed by atoms with E-state index in [1.807, 2.05) is 0 Å². The molecule has 0 radical (unpaired) electrons. The maximum absolute atomic E-state index is 12.9. The van der Waals surface area contributed by atoms with Gasteiger partial charge in [0.2, 0.25) is 0 Å². The van der Waals surface area contributed by atoms with Gasteiger partial charge in [0.15, 0.2) is 0 Å². The van der Waals surface area contributed by atoms with E-state index in [0.29, 0.717) is 27.4 Å². The van der Waals surface area contributed by atoms with Crippen molar-refractivity contribution in [1.29, 1.82) is 5.26 Å². The van der Waals surface area contributed by atoms with Crippen molar-refractivity contribution in [2.24, 2.45) is 5.41 Å². The summed E-state index contributed by atoms with van der Waals surface area (Å²) < 4.78 is 6.06. The van der Waals surface area contributed by atoms with Crippen LogP contribution in [-0.2, 0) is 0 Å². The number of carbonyl (C=O) groups is 1. The van der Waals surface area contributed by atoms with Crippen LogP contribution < -0.4 is 20.3 Å². The standard InChI is InChI=1S/C30H38ClN7O2/c31-26-15-25(4-1-21(26)16-32)40-24-5-2-22(3-6-24)36-29(39)27-17-35-28(18-34-27)37-13-9-30(10-14-37)19-38(20-30)23-7-11-33-12-8-23/h1,4,15,17-18,22-24,33H,2-3,5-14,19-20H2,(H,36,39)/t22-,24-. The molecule has 1 aliphatic carbocycles. The zero-order valence-electron chi connectivity index (χ0n) is 22.9. The van der Waals surface area contributed by atoms with Crippen LogP contribution in [-0.4, -0.2) is 78.2 Å². The monoisotopic (exact) mass is 563 g/mol. The second kappa shape index (κ2) is 11.9. The summed E-state index contributed by atoms with van der Waals surface area (Å²) in [5.74, 6) is 1.36. The number of ether oxygens (including phenoxy) is 1. The third-order valence-corrected chi connectivity index (χ3v) is 9.61. The molecular formula is C30H38ClN7O2. The van der Waals surface area contributed by atoms with Gasteiger partial charge in [0.05, 0.1) is 29.1 Å². The molecule has 40 heavy (non-hydrogen) atoms. The molecule has 0 unspecified atom stereocenters. The summed E-state index contributed by atoms with van der Waals surface area (Å²) in [7, 11) is 0. The quantitative estimate of drug-likeness (QED) is 0.547. The zero-order chi connectivity index (χ0) is 27.5. The first-order valence-electron chi connectivity index (χ1n) is 14.7. The molecule has 4 fully saturated rings. The number of nitriles is 1. The average molecular weight is 564 g/mol. The van der Waals surface area contributed by atoms with Crippen molar-refractivity contribution in [3.05, 3.63) is 46.9 Å². The molecule has 3 saturated heterocycles. The van der Waals surface area contributed by atoms with Gasteiger partial charge in [0.25, 0.3) is 5.91 Å². The Balaban J connectivity index is 0.931. The van der Waals surface area contributed by atoms with Crippen molar-refractivity contribution < 1.29 is 9.53 Å². The number of piperidine rings is 2. The van der Waals surface area contributed by atoms with E-state index >= 15 is 0 Å². The highest BCUT2D eigenvalue weighted by molar-refractivity contribution is 6.31. The summed E-state index contributed by atoms with van der Waals surface area (Å²) in [4.78, 5) is 26.9. The molecule has 4 aliphatic rings. The van der Waals surface area contributed by atoms with Gasteiger partial charge in [0, 0.05) is 44.3 Å². The van der Waals surface area contributed by atoms with Gasteiger partial charge < -0.3 is 20.3 Å². The first kappa shape index (κ1) is 27.3. The van der Waals surface area contributed by atoms with E-state index in [1.165, 1.54) is 38.8 Å². The maximum atomic E-state index is 12.9. The molecule has 1 spiro atoms. The largest absolute Gasteiger partial charge is 0.490 e. The molecule has 1 saturated carbocycles. The first-order valence-corrected chi connectivity index (χ1v) is 15.1. The van der Waals surface area contributed by atoms with Gasteiger partial charge in [-0.2, -0.15) is 5.26 Å². The van der Waals surface area contributed by atoms with Crippen LogP contribution in [0.2, 0.25) is 5.02 Å². The number of nitrogens with zero attached hydrogens (tertiary/aromatic N) is 5. The molecule has 6 rings (SSSR count). The van der Waals surface area contributed by atoms with Crippen molar-refractivity contribution in [2.75, 3.05) is 44.2 Å². The summed E-state index contributed by atoms with van der Waals surface area (Å²) in [5.41, 5.74) is 1.28. The zero-order valence-corrected chi connectivity index (χ0v) is 23.7. The highest BCUT2D eigenvalue weighted by atomic mass is 35.5. The van der Waals surface area contributed by atoms with E-state index in [-0.39, 0.29) is 18.1 Å². The Morgan fingerprint density at radius 1 is 1.07 bits per heavy atom. The Labute approximate surface area is 241 Å². The smallest absolute Gasteiger partial charge is 0.271 e. The molecule has 3 aliphatic heterocycles. The average Bonchev–Trinajstić information content (AvgIpc) is 2.98. The van der Waals surface area contributed by atoms with Crippen molar-refractivity contribution in [1.82, 2.24) is 25.5 Å². The lowest BCUT2D eigenvalue weighted by molar-refractivity contribution is -0.0537. The predicted octanol–water partition coefficient (Wildman–Crippen LogP) is 3.78. The van der Waals surface area contributed by atoms with E-state index in [9.17, 15) is 4.79 Å². The van der Waals surface area contributed by atoms with Gasteiger partial charge in [-0.15, -0.1) is 0 Å². The van der Waals surface area contributed by atoms with Crippen LogP contribution in [0.3, 0.4) is 0 Å². The third-order valence-electron chi connectivity index (χ3n) is 9.29. The number of aromatic nitrogens is 2. The molecule has 1 aromatic carbocycles. The minimum Gasteiger partial charge on any atom is -0.490 e. The Kier molecular flexibility index (Phi) is 8.10. The Hall–Kier alpha value is -2.93. The van der Waals surface area contributed by atoms with E-state index in [0.717, 1.165) is 63.7 Å². The molecule has 4 heterocycles. The molecular weight excluding hydrogens is 526 g/mol. The Morgan fingerprint density at radius 3 is 2.48 bits per heavy atom. The second-order valence-corrected chi connectivity index (χ2v) is 12.4. The number of rotatable bonds is 6. The lowest BCUT2D eigenvalue weighted by Gasteiger charge is -2.57. The number of nitrogens with one attached hydrogen (secondary N) is 2. The fraction of sp³-hybridized carbons (Fsp3) is 0.600. The van der Waals surface area contributed by atoms with Crippen LogP contribution in [0.4, 0.5) is 5.82 Å². The van der Waals surface area contributed by atoms with Crippen molar-refractivity contribution >= 4 is 23.3 Å². The molecule has 9 nitrogen and oxygen atoms in total. The summed E-state index contributed by atoms with van der Waals surface area (Å²) in [6.45, 7) is 6.80. The minimum atomic E-state index is -0.174. The summed E-state index contributed by atoms with van der Waals surface area (Å²) in [6.07, 6.45) is 11.7. The van der Waals surface area contributed by atoms with Crippen LogP contribution in [0.1, 0.15) is 67.4 Å². The molecule has 0 atom stereocenters. The molecule has 2 N–H and O–H groups in total. The van der Waals surface area contributed by atoms with Gasteiger partial charge in [-0.1, -0.05) is 11.6 Å². The van der Waals surface area contributed by atoms with Gasteiger partial charge in [-0.05, 0) is 82.0 Å². The highest BCUT2D eigenvalue weighted by Crippen LogP contribution is 2.43. The number of likely N-dealkylation sites (tertiary alicyclic amines) is 1. The van der Waals surface area contributed by atoms with Crippen LogP contribution in [0.15, 0.2) is 30.6 Å². The van der Waals surface area contributed by atoms with E-state index < -0.39 is 0 Å². The maximum Gasteiger partial charge on any atom is 0.271 e. The lowest BCUT2D eigenvalue weighted by atomic mass is 9.71. The van der Waals surface area contributed by atoms with Crippen molar-refractivity contribution in [2.45, 2.75) is 69.6 Å². The Morgan fingerprint density at radius 2 is 1.82 bits per heavy atom. The summed E-state index contributed by atoms with van der Waals surface area (Å²) >= 11 is 6.12. The van der Waals surface area contributed by atoms with Crippen molar-refractivity contribution in [3.8, 4) is 11.8 Å². The molecule has 1 amide bonds. The number of amides is 1. The first-order chi connectivity index (χ1) is 19.5. The molecule has 10 heteroatoms. The summed E-state index contributed by atoms with van der Waals surface area (Å²) in [5, 5.41) is 16.0. The van der Waals surface area contributed by atoms with Crippen molar-refractivity contribution in [3.63, 3.8) is 0 Å². The van der Waals surface area contributed by atoms with E-state index in [2.05, 4.69) is 36.5 Å². The number of hydrogen-bond acceptors (Lipinski definition) is 8. The van der Waals surface area contributed by atoms with Gasteiger partial charge in [0.1, 0.15) is 23.3 Å². The predicted molar refractivity (Wildman–Crippen MR) is 154 cm³/mol. The molecule has 212 valence electrons. The molecule has 0 bridgehead atoms. The van der Waals surface area contributed by atoms with Crippen LogP contribution in [0, 0.1) is 16.7 Å². The topological polar surface area (TPSA) is 106 Å². The van der Waals surface area contributed by atoms with Crippen LogP contribution in [0.25, 0.3) is 0 Å². The van der Waals surface area contributed by atoms with E-state index in [4.69, 9.17) is 21.6 Å². The summed E-state index contributed by atoms with van der Waals surface area (Å²) in [6, 6.07) is 8.06. The lowest BCUT2D eigenvalue weighted by Crippen LogP contribution is -2.64. The second-order valence-electron chi connectivity index (χ2n) is 12.0. The number of carbonyl (C=O) groups excluding carboxylic acids is 1. The van der Waals surface area contributed by atoms with Crippen LogP contribution >= 0.6 is 11.6 Å². The number of hydrogen-bond donors (Lipinski definition) is 2.